The Bertz CT molecular complexity index is 554. The first kappa shape index (κ1) is 14.3. The van der Waals surface area contributed by atoms with Crippen LogP contribution in [0.4, 0.5) is 11.4 Å². The van der Waals surface area contributed by atoms with Gasteiger partial charge in [0.15, 0.2) is 0 Å². The van der Waals surface area contributed by atoms with Gasteiger partial charge >= 0.3 is 0 Å². The van der Waals surface area contributed by atoms with Crippen molar-refractivity contribution in [2.75, 3.05) is 30.8 Å². The highest BCUT2D eigenvalue weighted by Crippen LogP contribution is 2.21. The number of aryl methyl sites for hydroxylation is 1. The lowest BCUT2D eigenvalue weighted by molar-refractivity contribution is 0.325. The molecule has 0 unspecified atom stereocenters. The summed E-state index contributed by atoms with van der Waals surface area (Å²) in [6.07, 6.45) is 1.03. The van der Waals surface area contributed by atoms with E-state index < -0.39 is 0 Å². The number of benzene rings is 2. The van der Waals surface area contributed by atoms with Crippen LogP contribution in [0.5, 0.6) is 5.75 Å². The van der Waals surface area contributed by atoms with Gasteiger partial charge in [0.05, 0.1) is 17.9 Å². The third-order valence-corrected chi connectivity index (χ3v) is 3.35. The van der Waals surface area contributed by atoms with Crippen molar-refractivity contribution in [1.82, 2.24) is 0 Å². The number of anilines is 2. The molecule has 0 aliphatic carbocycles. The normalized spacial score (nSPS) is 10.3. The van der Waals surface area contributed by atoms with Gasteiger partial charge in [0.2, 0.25) is 0 Å². The van der Waals surface area contributed by atoms with E-state index in [4.69, 9.17) is 10.5 Å². The minimum absolute atomic E-state index is 0.637. The second kappa shape index (κ2) is 6.85. The first-order valence-corrected chi connectivity index (χ1v) is 6.98. The number of nitrogens with two attached hydrogens (primary N) is 1. The molecule has 0 radical (unpaired) electrons. The Labute approximate surface area is 121 Å². The standard InChI is InChI=1S/C17H22N2O/c1-3-14-7-6-8-15(13-14)20-12-11-19(2)17-10-5-4-9-16(17)18/h4-10,13H,3,11-12,18H2,1-2H3. The lowest BCUT2D eigenvalue weighted by Gasteiger charge is -2.21. The summed E-state index contributed by atoms with van der Waals surface area (Å²) < 4.78 is 5.80. The summed E-state index contributed by atoms with van der Waals surface area (Å²) >= 11 is 0. The highest BCUT2D eigenvalue weighted by atomic mass is 16.5. The molecule has 2 rings (SSSR count). The Kier molecular flexibility index (Phi) is 4.88. The molecule has 2 N–H and O–H groups in total. The van der Waals surface area contributed by atoms with Crippen molar-refractivity contribution in [2.45, 2.75) is 13.3 Å². The molecule has 0 aliphatic heterocycles. The van der Waals surface area contributed by atoms with Crippen molar-refractivity contribution in [3.63, 3.8) is 0 Å². The fourth-order valence-corrected chi connectivity index (χ4v) is 2.11. The van der Waals surface area contributed by atoms with Crippen LogP contribution in [-0.2, 0) is 6.42 Å². The van der Waals surface area contributed by atoms with Crippen molar-refractivity contribution in [3.05, 3.63) is 54.1 Å². The van der Waals surface area contributed by atoms with E-state index in [2.05, 4.69) is 24.0 Å². The number of hydrogen-bond acceptors (Lipinski definition) is 3. The molecule has 106 valence electrons. The fourth-order valence-electron chi connectivity index (χ4n) is 2.11. The highest BCUT2D eigenvalue weighted by molar-refractivity contribution is 5.66. The van der Waals surface area contributed by atoms with E-state index in [1.54, 1.807) is 0 Å². The molecule has 0 saturated carbocycles. The monoisotopic (exact) mass is 270 g/mol. The molecule has 0 spiro atoms. The van der Waals surface area contributed by atoms with Crippen molar-refractivity contribution < 1.29 is 4.74 Å². The largest absolute Gasteiger partial charge is 0.492 e. The average molecular weight is 270 g/mol. The zero-order valence-corrected chi connectivity index (χ0v) is 12.2. The molecule has 0 heterocycles. The molecule has 0 saturated heterocycles. The molecule has 0 fully saturated rings. The Morgan fingerprint density at radius 2 is 1.90 bits per heavy atom. The number of ether oxygens (including phenoxy) is 1. The average Bonchev–Trinajstić information content (AvgIpc) is 2.48. The van der Waals surface area contributed by atoms with Crippen molar-refractivity contribution in [3.8, 4) is 5.75 Å². The van der Waals surface area contributed by atoms with Crippen LogP contribution in [0.3, 0.4) is 0 Å². The predicted molar refractivity (Wildman–Crippen MR) is 85.4 cm³/mol. The van der Waals surface area contributed by atoms with Gasteiger partial charge in [-0.2, -0.15) is 0 Å². The van der Waals surface area contributed by atoms with E-state index in [1.807, 2.05) is 43.4 Å². The first-order chi connectivity index (χ1) is 9.70. The van der Waals surface area contributed by atoms with Gasteiger partial charge in [-0.25, -0.2) is 0 Å². The zero-order chi connectivity index (χ0) is 14.4. The Balaban J connectivity index is 1.88. The number of nitrogen functional groups attached to an aromatic ring is 1. The highest BCUT2D eigenvalue weighted by Gasteiger charge is 2.04. The number of rotatable bonds is 6. The molecular weight excluding hydrogens is 248 g/mol. The fraction of sp³-hybridized carbons (Fsp3) is 0.294. The van der Waals surface area contributed by atoms with E-state index in [1.165, 1.54) is 5.56 Å². The van der Waals surface area contributed by atoms with Crippen molar-refractivity contribution in [1.29, 1.82) is 0 Å². The number of likely N-dealkylation sites (N-methyl/N-ethyl adjacent to an activating group) is 1. The van der Waals surface area contributed by atoms with Crippen LogP contribution in [0, 0.1) is 0 Å². The van der Waals surface area contributed by atoms with E-state index in [9.17, 15) is 0 Å². The zero-order valence-electron chi connectivity index (χ0n) is 12.2. The van der Waals surface area contributed by atoms with Gasteiger partial charge < -0.3 is 15.4 Å². The third-order valence-electron chi connectivity index (χ3n) is 3.35. The van der Waals surface area contributed by atoms with E-state index in [0.29, 0.717) is 6.61 Å². The van der Waals surface area contributed by atoms with E-state index in [-0.39, 0.29) is 0 Å². The molecule has 2 aromatic rings. The van der Waals surface area contributed by atoms with Crippen LogP contribution in [0.2, 0.25) is 0 Å². The maximum absolute atomic E-state index is 5.96. The Morgan fingerprint density at radius 3 is 2.65 bits per heavy atom. The molecular formula is C17H22N2O. The van der Waals surface area contributed by atoms with Crippen LogP contribution in [0.15, 0.2) is 48.5 Å². The van der Waals surface area contributed by atoms with Crippen LogP contribution < -0.4 is 15.4 Å². The lowest BCUT2D eigenvalue weighted by Crippen LogP contribution is -2.24. The number of nitrogens with zero attached hydrogens (tertiary/aromatic N) is 1. The van der Waals surface area contributed by atoms with Crippen molar-refractivity contribution in [2.24, 2.45) is 0 Å². The van der Waals surface area contributed by atoms with E-state index >= 15 is 0 Å². The Hall–Kier alpha value is -2.16. The molecule has 0 atom stereocenters. The lowest BCUT2D eigenvalue weighted by atomic mass is 10.2. The van der Waals surface area contributed by atoms with Gasteiger partial charge in [-0.3, -0.25) is 0 Å². The minimum Gasteiger partial charge on any atom is -0.492 e. The molecule has 0 amide bonds. The molecule has 3 heteroatoms. The summed E-state index contributed by atoms with van der Waals surface area (Å²) in [5.41, 5.74) is 9.09. The molecule has 20 heavy (non-hydrogen) atoms. The van der Waals surface area contributed by atoms with Gasteiger partial charge in [0, 0.05) is 7.05 Å². The van der Waals surface area contributed by atoms with Crippen LogP contribution >= 0.6 is 0 Å². The minimum atomic E-state index is 0.637. The summed E-state index contributed by atoms with van der Waals surface area (Å²) in [6, 6.07) is 16.1. The molecule has 0 aliphatic rings. The van der Waals surface area contributed by atoms with E-state index in [0.717, 1.165) is 30.1 Å². The van der Waals surface area contributed by atoms with Gasteiger partial charge in [0.25, 0.3) is 0 Å². The summed E-state index contributed by atoms with van der Waals surface area (Å²) in [4.78, 5) is 2.11. The van der Waals surface area contributed by atoms with Crippen molar-refractivity contribution >= 4 is 11.4 Å². The SMILES string of the molecule is CCc1cccc(OCCN(C)c2ccccc2N)c1. The van der Waals surface area contributed by atoms with Gasteiger partial charge in [0.1, 0.15) is 12.4 Å². The summed E-state index contributed by atoms with van der Waals surface area (Å²) in [7, 11) is 2.03. The summed E-state index contributed by atoms with van der Waals surface area (Å²) in [6.45, 7) is 3.58. The van der Waals surface area contributed by atoms with Gasteiger partial charge in [-0.1, -0.05) is 31.2 Å². The smallest absolute Gasteiger partial charge is 0.119 e. The quantitative estimate of drug-likeness (QED) is 0.818. The second-order valence-electron chi connectivity index (χ2n) is 4.83. The van der Waals surface area contributed by atoms with Crippen LogP contribution in [0.25, 0.3) is 0 Å². The van der Waals surface area contributed by atoms with Gasteiger partial charge in [-0.05, 0) is 36.2 Å². The third kappa shape index (κ3) is 3.67. The Morgan fingerprint density at radius 1 is 1.10 bits per heavy atom. The number of hydrogen-bond donors (Lipinski definition) is 1. The summed E-state index contributed by atoms with van der Waals surface area (Å²) in [5, 5.41) is 0. The topological polar surface area (TPSA) is 38.5 Å². The second-order valence-corrected chi connectivity index (χ2v) is 4.83. The molecule has 0 bridgehead atoms. The molecule has 0 aromatic heterocycles. The summed E-state index contributed by atoms with van der Waals surface area (Å²) in [5.74, 6) is 0.929. The molecule has 3 nitrogen and oxygen atoms in total. The maximum atomic E-state index is 5.96. The van der Waals surface area contributed by atoms with Crippen LogP contribution in [-0.4, -0.2) is 20.2 Å². The van der Waals surface area contributed by atoms with Crippen LogP contribution in [0.1, 0.15) is 12.5 Å². The first-order valence-electron chi connectivity index (χ1n) is 6.98. The number of para-hydroxylation sites is 2. The maximum Gasteiger partial charge on any atom is 0.119 e. The molecule has 2 aromatic carbocycles. The van der Waals surface area contributed by atoms with Gasteiger partial charge in [-0.15, -0.1) is 0 Å². The predicted octanol–water partition coefficient (Wildman–Crippen LogP) is 3.35.